The molecule has 0 radical (unpaired) electrons. The van der Waals surface area contributed by atoms with Gasteiger partial charge in [0.1, 0.15) is 0 Å². The number of pyridine rings is 1. The Morgan fingerprint density at radius 3 is 2.81 bits per heavy atom. The summed E-state index contributed by atoms with van der Waals surface area (Å²) in [5.74, 6) is 0.952. The van der Waals surface area contributed by atoms with Crippen LogP contribution in [-0.4, -0.2) is 30.5 Å². The average molecular weight is 219 g/mol. The highest BCUT2D eigenvalue weighted by Crippen LogP contribution is 2.29. The molecule has 0 atom stereocenters. The van der Waals surface area contributed by atoms with E-state index in [2.05, 4.69) is 34.4 Å². The molecular formula is C13H21N3. The van der Waals surface area contributed by atoms with E-state index >= 15 is 0 Å². The Bertz CT molecular complexity index is 316. The minimum absolute atomic E-state index is 0.894. The van der Waals surface area contributed by atoms with Crippen LogP contribution in [0.1, 0.15) is 24.1 Å². The first-order valence-corrected chi connectivity index (χ1v) is 6.05. The van der Waals surface area contributed by atoms with Gasteiger partial charge in [-0.2, -0.15) is 0 Å². The standard InChI is InChI=1S/C13H21N3/c1-14-7-12-5-6-13(15-8-12)10-16(2)9-11-3-4-11/h5-6,8,11,14H,3-4,7,9-10H2,1-2H3. The Morgan fingerprint density at radius 2 is 2.25 bits per heavy atom. The van der Waals surface area contributed by atoms with E-state index in [-0.39, 0.29) is 0 Å². The summed E-state index contributed by atoms with van der Waals surface area (Å²) < 4.78 is 0. The van der Waals surface area contributed by atoms with Gasteiger partial charge in [0.25, 0.3) is 0 Å². The highest BCUT2D eigenvalue weighted by atomic mass is 15.1. The van der Waals surface area contributed by atoms with Crippen LogP contribution >= 0.6 is 0 Å². The largest absolute Gasteiger partial charge is 0.316 e. The normalized spacial score (nSPS) is 15.7. The molecule has 0 aromatic carbocycles. The van der Waals surface area contributed by atoms with Crippen molar-refractivity contribution in [2.24, 2.45) is 5.92 Å². The van der Waals surface area contributed by atoms with Crippen LogP contribution in [-0.2, 0) is 13.1 Å². The second kappa shape index (κ2) is 5.41. The zero-order valence-corrected chi connectivity index (χ0v) is 10.2. The minimum Gasteiger partial charge on any atom is -0.316 e. The molecule has 0 bridgehead atoms. The van der Waals surface area contributed by atoms with Gasteiger partial charge < -0.3 is 10.2 Å². The van der Waals surface area contributed by atoms with Gasteiger partial charge in [-0.05, 0) is 44.5 Å². The summed E-state index contributed by atoms with van der Waals surface area (Å²) >= 11 is 0. The van der Waals surface area contributed by atoms with Crippen molar-refractivity contribution in [1.82, 2.24) is 15.2 Å². The maximum atomic E-state index is 4.48. The number of aromatic nitrogens is 1. The second-order valence-electron chi connectivity index (χ2n) is 4.83. The van der Waals surface area contributed by atoms with Gasteiger partial charge in [0, 0.05) is 25.8 Å². The fourth-order valence-electron chi connectivity index (χ4n) is 1.94. The van der Waals surface area contributed by atoms with Crippen LogP contribution in [0, 0.1) is 5.92 Å². The Balaban J connectivity index is 1.83. The molecule has 3 heteroatoms. The van der Waals surface area contributed by atoms with Crippen molar-refractivity contribution in [2.75, 3.05) is 20.6 Å². The van der Waals surface area contributed by atoms with E-state index in [0.29, 0.717) is 0 Å². The van der Waals surface area contributed by atoms with Gasteiger partial charge in [-0.3, -0.25) is 4.98 Å². The second-order valence-corrected chi connectivity index (χ2v) is 4.83. The number of rotatable bonds is 6. The van der Waals surface area contributed by atoms with E-state index in [9.17, 15) is 0 Å². The van der Waals surface area contributed by atoms with Crippen molar-refractivity contribution < 1.29 is 0 Å². The molecule has 1 saturated carbocycles. The van der Waals surface area contributed by atoms with Gasteiger partial charge in [-0.15, -0.1) is 0 Å². The van der Waals surface area contributed by atoms with E-state index in [1.165, 1.54) is 30.6 Å². The Labute approximate surface area is 97.9 Å². The lowest BCUT2D eigenvalue weighted by atomic mass is 10.2. The molecule has 1 aromatic rings. The molecule has 1 fully saturated rings. The maximum absolute atomic E-state index is 4.48. The lowest BCUT2D eigenvalue weighted by molar-refractivity contribution is 0.309. The van der Waals surface area contributed by atoms with Crippen LogP contribution in [0.15, 0.2) is 18.3 Å². The summed E-state index contributed by atoms with van der Waals surface area (Å²) in [4.78, 5) is 6.86. The smallest absolute Gasteiger partial charge is 0.0544 e. The van der Waals surface area contributed by atoms with Gasteiger partial charge in [-0.1, -0.05) is 6.07 Å². The molecule has 88 valence electrons. The summed E-state index contributed by atoms with van der Waals surface area (Å²) in [6, 6.07) is 4.29. The van der Waals surface area contributed by atoms with Crippen molar-refractivity contribution in [3.8, 4) is 0 Å². The molecule has 16 heavy (non-hydrogen) atoms. The zero-order valence-electron chi connectivity index (χ0n) is 10.2. The lowest BCUT2D eigenvalue weighted by Crippen LogP contribution is -2.21. The summed E-state index contributed by atoms with van der Waals surface area (Å²) in [5.41, 5.74) is 2.42. The van der Waals surface area contributed by atoms with E-state index in [1.54, 1.807) is 0 Å². The summed E-state index contributed by atoms with van der Waals surface area (Å²) in [7, 11) is 4.14. The molecular weight excluding hydrogens is 198 g/mol. The number of nitrogens with one attached hydrogen (secondary N) is 1. The minimum atomic E-state index is 0.894. The SMILES string of the molecule is CNCc1ccc(CN(C)CC2CC2)nc1. The predicted octanol–water partition coefficient (Wildman–Crippen LogP) is 1.64. The first-order chi connectivity index (χ1) is 7.78. The first-order valence-electron chi connectivity index (χ1n) is 6.05. The molecule has 0 aliphatic heterocycles. The highest BCUT2D eigenvalue weighted by Gasteiger charge is 2.22. The third-order valence-electron chi connectivity index (χ3n) is 2.97. The Hall–Kier alpha value is -0.930. The molecule has 1 N–H and O–H groups in total. The van der Waals surface area contributed by atoms with Gasteiger partial charge in [0.05, 0.1) is 5.69 Å². The monoisotopic (exact) mass is 219 g/mol. The van der Waals surface area contributed by atoms with Gasteiger partial charge in [0.2, 0.25) is 0 Å². The number of hydrogen-bond acceptors (Lipinski definition) is 3. The Kier molecular flexibility index (Phi) is 3.91. The van der Waals surface area contributed by atoms with E-state index in [0.717, 1.165) is 19.0 Å². The number of hydrogen-bond donors (Lipinski definition) is 1. The molecule has 0 spiro atoms. The van der Waals surface area contributed by atoms with Crippen molar-refractivity contribution in [1.29, 1.82) is 0 Å². The molecule has 3 nitrogen and oxygen atoms in total. The molecule has 0 unspecified atom stereocenters. The third kappa shape index (κ3) is 3.58. The molecule has 1 aromatic heterocycles. The first kappa shape index (κ1) is 11.6. The van der Waals surface area contributed by atoms with Crippen LogP contribution < -0.4 is 5.32 Å². The van der Waals surface area contributed by atoms with E-state index in [1.807, 2.05) is 13.2 Å². The quantitative estimate of drug-likeness (QED) is 0.788. The predicted molar refractivity (Wildman–Crippen MR) is 66.1 cm³/mol. The van der Waals surface area contributed by atoms with Crippen molar-refractivity contribution in [2.45, 2.75) is 25.9 Å². The van der Waals surface area contributed by atoms with Crippen LogP contribution in [0.5, 0.6) is 0 Å². The highest BCUT2D eigenvalue weighted by molar-refractivity contribution is 5.13. The van der Waals surface area contributed by atoms with Crippen LogP contribution in [0.3, 0.4) is 0 Å². The van der Waals surface area contributed by atoms with E-state index in [4.69, 9.17) is 0 Å². The molecule has 1 heterocycles. The molecule has 1 aliphatic carbocycles. The Morgan fingerprint density at radius 1 is 1.44 bits per heavy atom. The average Bonchev–Trinajstić information content (AvgIpc) is 3.05. The molecule has 0 amide bonds. The van der Waals surface area contributed by atoms with Crippen LogP contribution in [0.4, 0.5) is 0 Å². The fraction of sp³-hybridized carbons (Fsp3) is 0.615. The molecule has 2 rings (SSSR count). The van der Waals surface area contributed by atoms with Gasteiger partial charge in [-0.25, -0.2) is 0 Å². The summed E-state index contributed by atoms with van der Waals surface area (Å²) in [6.07, 6.45) is 4.80. The van der Waals surface area contributed by atoms with Crippen molar-refractivity contribution in [3.63, 3.8) is 0 Å². The summed E-state index contributed by atoms with van der Waals surface area (Å²) in [6.45, 7) is 3.08. The topological polar surface area (TPSA) is 28.2 Å². The lowest BCUT2D eigenvalue weighted by Gasteiger charge is -2.15. The summed E-state index contributed by atoms with van der Waals surface area (Å²) in [5, 5.41) is 3.13. The van der Waals surface area contributed by atoms with Crippen molar-refractivity contribution >= 4 is 0 Å². The zero-order chi connectivity index (χ0) is 11.4. The molecule has 1 aliphatic rings. The van der Waals surface area contributed by atoms with Crippen LogP contribution in [0.2, 0.25) is 0 Å². The third-order valence-corrected chi connectivity index (χ3v) is 2.97. The number of nitrogens with zero attached hydrogens (tertiary/aromatic N) is 2. The van der Waals surface area contributed by atoms with Gasteiger partial charge >= 0.3 is 0 Å². The molecule has 0 saturated heterocycles. The van der Waals surface area contributed by atoms with Crippen LogP contribution in [0.25, 0.3) is 0 Å². The van der Waals surface area contributed by atoms with Gasteiger partial charge in [0.15, 0.2) is 0 Å². The fourth-order valence-corrected chi connectivity index (χ4v) is 1.94. The maximum Gasteiger partial charge on any atom is 0.0544 e. The van der Waals surface area contributed by atoms with E-state index < -0.39 is 0 Å². The van der Waals surface area contributed by atoms with Crippen molar-refractivity contribution in [3.05, 3.63) is 29.6 Å².